The molecule has 2 aromatic heterocycles. The van der Waals surface area contributed by atoms with Crippen molar-refractivity contribution < 1.29 is 4.74 Å². The third-order valence-electron chi connectivity index (χ3n) is 7.12. The molecule has 38 heavy (non-hydrogen) atoms. The number of aryl methyl sites for hydroxylation is 1. The summed E-state index contributed by atoms with van der Waals surface area (Å²) in [6, 6.07) is 20.5. The molecule has 0 saturated carbocycles. The van der Waals surface area contributed by atoms with E-state index in [9.17, 15) is 4.79 Å². The highest BCUT2D eigenvalue weighted by atomic mass is 16.5. The minimum atomic E-state index is -0.237. The summed E-state index contributed by atoms with van der Waals surface area (Å²) in [6.07, 6.45) is 2.47. The normalized spacial score (nSPS) is 13.3. The number of hydrogen-bond donors (Lipinski definition) is 1. The first-order chi connectivity index (χ1) is 18.2. The summed E-state index contributed by atoms with van der Waals surface area (Å²) in [4.78, 5) is 17.8. The first-order valence-corrected chi connectivity index (χ1v) is 13.4. The molecule has 7 heteroatoms. The van der Waals surface area contributed by atoms with E-state index in [1.165, 1.54) is 5.56 Å². The number of aromatic nitrogens is 4. The summed E-state index contributed by atoms with van der Waals surface area (Å²) in [5.74, 6) is 1.02. The molecule has 200 valence electrons. The first-order valence-electron chi connectivity index (χ1n) is 13.4. The van der Waals surface area contributed by atoms with Gasteiger partial charge >= 0.3 is 5.69 Å². The van der Waals surface area contributed by atoms with E-state index in [1.807, 2.05) is 26.0 Å². The van der Waals surface area contributed by atoms with Crippen molar-refractivity contribution in [1.82, 2.24) is 19.3 Å². The first kappa shape index (κ1) is 27.2. The number of benzene rings is 2. The summed E-state index contributed by atoms with van der Waals surface area (Å²) in [6.45, 7) is 13.8. The summed E-state index contributed by atoms with van der Waals surface area (Å²) < 4.78 is 8.82. The zero-order valence-electron chi connectivity index (χ0n) is 23.3. The van der Waals surface area contributed by atoms with Gasteiger partial charge in [-0.25, -0.2) is 14.5 Å². The van der Waals surface area contributed by atoms with Gasteiger partial charge in [-0.3, -0.25) is 4.57 Å². The van der Waals surface area contributed by atoms with Gasteiger partial charge in [0.15, 0.2) is 11.6 Å². The van der Waals surface area contributed by atoms with Gasteiger partial charge in [-0.1, -0.05) is 76.2 Å². The highest BCUT2D eigenvalue weighted by molar-refractivity contribution is 5.64. The van der Waals surface area contributed by atoms with Crippen LogP contribution in [0.15, 0.2) is 71.8 Å². The monoisotopic (exact) mass is 513 g/mol. The SMILES string of the molecule is CCOc1ccc(-c2ccc(C(CC)C(c3ccc(C(C)(C)C)cc3)n3ncn(CC)c3=O)cc2)nc1N. The van der Waals surface area contributed by atoms with Crippen molar-refractivity contribution >= 4 is 5.82 Å². The van der Waals surface area contributed by atoms with E-state index in [0.29, 0.717) is 24.7 Å². The minimum Gasteiger partial charge on any atom is -0.490 e. The molecule has 7 nitrogen and oxygen atoms in total. The van der Waals surface area contributed by atoms with Gasteiger partial charge in [0.2, 0.25) is 0 Å². The van der Waals surface area contributed by atoms with Crippen LogP contribution < -0.4 is 16.2 Å². The Morgan fingerprint density at radius 3 is 2.11 bits per heavy atom. The lowest BCUT2D eigenvalue weighted by molar-refractivity contribution is 0.341. The van der Waals surface area contributed by atoms with Crippen LogP contribution in [0.5, 0.6) is 5.75 Å². The van der Waals surface area contributed by atoms with Crippen molar-refractivity contribution in [3.05, 3.63) is 94.2 Å². The molecular formula is C31H39N5O2. The van der Waals surface area contributed by atoms with Gasteiger partial charge in [0.25, 0.3) is 0 Å². The number of hydrogen-bond acceptors (Lipinski definition) is 5. The fraction of sp³-hybridized carbons (Fsp3) is 0.387. The molecule has 0 bridgehead atoms. The van der Waals surface area contributed by atoms with Crippen molar-refractivity contribution in [1.29, 1.82) is 0 Å². The third-order valence-corrected chi connectivity index (χ3v) is 7.12. The van der Waals surface area contributed by atoms with Gasteiger partial charge in [0, 0.05) is 18.0 Å². The van der Waals surface area contributed by atoms with Crippen LogP contribution in [-0.2, 0) is 12.0 Å². The van der Waals surface area contributed by atoms with E-state index in [2.05, 4.69) is 86.3 Å². The average molecular weight is 514 g/mol. The van der Waals surface area contributed by atoms with Crippen LogP contribution in [0.1, 0.15) is 76.6 Å². The molecule has 0 radical (unpaired) electrons. The number of rotatable bonds is 9. The molecule has 0 amide bonds. The molecule has 0 aliphatic heterocycles. The van der Waals surface area contributed by atoms with Crippen molar-refractivity contribution in [2.75, 3.05) is 12.3 Å². The zero-order chi connectivity index (χ0) is 27.4. The molecule has 4 rings (SSSR count). The summed E-state index contributed by atoms with van der Waals surface area (Å²) in [5, 5.41) is 4.56. The van der Waals surface area contributed by atoms with Crippen LogP contribution in [0, 0.1) is 0 Å². The highest BCUT2D eigenvalue weighted by Gasteiger charge is 2.29. The van der Waals surface area contributed by atoms with E-state index in [0.717, 1.165) is 28.8 Å². The van der Waals surface area contributed by atoms with Crippen molar-refractivity contribution in [3.63, 3.8) is 0 Å². The van der Waals surface area contributed by atoms with Gasteiger partial charge in [0.1, 0.15) is 6.33 Å². The van der Waals surface area contributed by atoms with E-state index in [1.54, 1.807) is 15.6 Å². The van der Waals surface area contributed by atoms with Gasteiger partial charge in [0.05, 0.1) is 18.3 Å². The summed E-state index contributed by atoms with van der Waals surface area (Å²) in [5.41, 5.74) is 11.3. The Balaban J connectivity index is 1.74. The highest BCUT2D eigenvalue weighted by Crippen LogP contribution is 2.37. The molecule has 2 atom stereocenters. The second-order valence-electron chi connectivity index (χ2n) is 10.6. The van der Waals surface area contributed by atoms with E-state index < -0.39 is 0 Å². The Morgan fingerprint density at radius 2 is 1.58 bits per heavy atom. The number of pyridine rings is 1. The second-order valence-corrected chi connectivity index (χ2v) is 10.6. The molecule has 2 aromatic carbocycles. The number of nitrogens with two attached hydrogens (primary N) is 1. The Morgan fingerprint density at radius 1 is 0.921 bits per heavy atom. The molecule has 0 fully saturated rings. The largest absolute Gasteiger partial charge is 0.490 e. The molecular weight excluding hydrogens is 474 g/mol. The average Bonchev–Trinajstić information content (AvgIpc) is 3.28. The topological polar surface area (TPSA) is 88.0 Å². The summed E-state index contributed by atoms with van der Waals surface area (Å²) >= 11 is 0. The maximum absolute atomic E-state index is 13.3. The van der Waals surface area contributed by atoms with Crippen LogP contribution in [0.25, 0.3) is 11.3 Å². The molecule has 2 N–H and O–H groups in total. The lowest BCUT2D eigenvalue weighted by atomic mass is 9.82. The zero-order valence-corrected chi connectivity index (χ0v) is 23.3. The standard InChI is InChI=1S/C31H39N5O2/c1-7-25(21-10-12-22(13-11-21)26-18-19-27(38-9-3)29(32)34-26)28(36-30(37)35(8-2)20-33-36)23-14-16-24(17-15-23)31(4,5)6/h10-20,25,28H,7-9H2,1-6H3,(H2,32,34). The second kappa shape index (κ2) is 11.3. The Kier molecular flexibility index (Phi) is 8.05. The van der Waals surface area contributed by atoms with Gasteiger partial charge in [-0.05, 0) is 54.5 Å². The van der Waals surface area contributed by atoms with E-state index in [-0.39, 0.29) is 23.1 Å². The van der Waals surface area contributed by atoms with Crippen molar-refractivity contribution in [2.24, 2.45) is 0 Å². The Bertz CT molecular complexity index is 1410. The lowest BCUT2D eigenvalue weighted by Crippen LogP contribution is -2.32. The van der Waals surface area contributed by atoms with Gasteiger partial charge < -0.3 is 10.5 Å². The molecule has 0 aliphatic rings. The van der Waals surface area contributed by atoms with E-state index >= 15 is 0 Å². The summed E-state index contributed by atoms with van der Waals surface area (Å²) in [7, 11) is 0. The number of nitrogen functional groups attached to an aromatic ring is 1. The third kappa shape index (κ3) is 5.52. The Hall–Kier alpha value is -3.87. The van der Waals surface area contributed by atoms with Gasteiger partial charge in [-0.2, -0.15) is 5.10 Å². The maximum Gasteiger partial charge on any atom is 0.346 e. The van der Waals surface area contributed by atoms with Crippen molar-refractivity contribution in [3.8, 4) is 17.0 Å². The van der Waals surface area contributed by atoms with Crippen LogP contribution in [0.2, 0.25) is 0 Å². The predicted molar refractivity (Wildman–Crippen MR) is 154 cm³/mol. The van der Waals surface area contributed by atoms with Gasteiger partial charge in [-0.15, -0.1) is 0 Å². The fourth-order valence-electron chi connectivity index (χ4n) is 4.92. The Labute approximate surface area is 225 Å². The number of ether oxygens (including phenoxy) is 1. The quantitative estimate of drug-likeness (QED) is 0.288. The van der Waals surface area contributed by atoms with E-state index in [4.69, 9.17) is 10.5 Å². The maximum atomic E-state index is 13.3. The fourth-order valence-corrected chi connectivity index (χ4v) is 4.92. The number of anilines is 1. The van der Waals surface area contributed by atoms with Crippen molar-refractivity contribution in [2.45, 2.75) is 71.9 Å². The van der Waals surface area contributed by atoms with Crippen LogP contribution in [-0.4, -0.2) is 25.9 Å². The smallest absolute Gasteiger partial charge is 0.346 e. The molecule has 0 aliphatic carbocycles. The lowest BCUT2D eigenvalue weighted by Gasteiger charge is -2.28. The van der Waals surface area contributed by atoms with Crippen LogP contribution in [0.3, 0.4) is 0 Å². The van der Waals surface area contributed by atoms with Crippen LogP contribution >= 0.6 is 0 Å². The minimum absolute atomic E-state index is 0.0424. The molecule has 0 spiro atoms. The predicted octanol–water partition coefficient (Wildman–Crippen LogP) is 6.19. The molecule has 2 unspecified atom stereocenters. The number of nitrogens with zero attached hydrogens (tertiary/aromatic N) is 4. The molecule has 0 saturated heterocycles. The molecule has 2 heterocycles. The van der Waals surface area contributed by atoms with Crippen LogP contribution in [0.4, 0.5) is 5.82 Å². The molecule has 4 aromatic rings.